The summed E-state index contributed by atoms with van der Waals surface area (Å²) in [6.45, 7) is 7.90. The molecule has 0 amide bonds. The van der Waals surface area contributed by atoms with Gasteiger partial charge in [0, 0.05) is 7.05 Å². The van der Waals surface area contributed by atoms with Crippen LogP contribution in [0.3, 0.4) is 0 Å². The van der Waals surface area contributed by atoms with Crippen molar-refractivity contribution in [3.8, 4) is 0 Å². The average molecular weight is 185 g/mol. The van der Waals surface area contributed by atoms with E-state index in [9.17, 15) is 4.79 Å². The summed E-state index contributed by atoms with van der Waals surface area (Å²) >= 11 is 0. The molecule has 0 aromatic rings. The Kier molecular flexibility index (Phi) is 9.94. The molecule has 0 aliphatic rings. The molecule has 0 aliphatic carbocycles. The summed E-state index contributed by atoms with van der Waals surface area (Å²) in [5.74, 6) is -0.983. The molecule has 0 bridgehead atoms. The Balaban J connectivity index is 0. The second-order valence-corrected chi connectivity index (χ2v) is 2.84. The Hall–Kier alpha value is -1.12. The topological polar surface area (TPSA) is 49.7 Å². The number of hydrogen-bond donors (Lipinski definition) is 1. The fourth-order valence-corrected chi connectivity index (χ4v) is 0.495. The van der Waals surface area contributed by atoms with Gasteiger partial charge in [-0.2, -0.15) is 0 Å². The highest BCUT2D eigenvalue weighted by molar-refractivity contribution is 6.40. The molecule has 0 radical (unpaired) electrons. The molecule has 3 heteroatoms. The SMILES string of the molecule is CCC.CN=C(C=C(C)C)C(=O)O. The van der Waals surface area contributed by atoms with Gasteiger partial charge in [0.15, 0.2) is 0 Å². The summed E-state index contributed by atoms with van der Waals surface area (Å²) in [5, 5.41) is 8.45. The smallest absolute Gasteiger partial charge is 0.354 e. The van der Waals surface area contributed by atoms with Crippen molar-refractivity contribution in [2.45, 2.75) is 34.1 Å². The molecular weight excluding hydrogens is 166 g/mol. The summed E-state index contributed by atoms with van der Waals surface area (Å²) in [7, 11) is 1.46. The monoisotopic (exact) mass is 185 g/mol. The van der Waals surface area contributed by atoms with Crippen LogP contribution in [0.1, 0.15) is 34.1 Å². The van der Waals surface area contributed by atoms with E-state index in [2.05, 4.69) is 18.8 Å². The van der Waals surface area contributed by atoms with Crippen LogP contribution < -0.4 is 0 Å². The van der Waals surface area contributed by atoms with Crippen LogP contribution in [0, 0.1) is 0 Å². The number of aliphatic imine (C=N–C) groups is 1. The van der Waals surface area contributed by atoms with Gasteiger partial charge < -0.3 is 5.11 Å². The number of aliphatic carboxylic acids is 1. The Labute approximate surface area is 80.2 Å². The van der Waals surface area contributed by atoms with Crippen LogP contribution >= 0.6 is 0 Å². The third-order valence-electron chi connectivity index (χ3n) is 0.885. The number of carboxylic acid groups (broad SMARTS) is 1. The van der Waals surface area contributed by atoms with Crippen LogP contribution in [0.15, 0.2) is 16.6 Å². The minimum absolute atomic E-state index is 0.0972. The molecule has 0 atom stereocenters. The third-order valence-corrected chi connectivity index (χ3v) is 0.885. The van der Waals surface area contributed by atoms with E-state index in [0.29, 0.717) is 0 Å². The minimum atomic E-state index is -0.983. The molecule has 3 nitrogen and oxygen atoms in total. The molecule has 0 aliphatic heterocycles. The first kappa shape index (κ1) is 14.4. The van der Waals surface area contributed by atoms with Crippen LogP contribution in [-0.4, -0.2) is 23.8 Å². The molecule has 0 saturated carbocycles. The van der Waals surface area contributed by atoms with E-state index in [1.807, 2.05) is 13.8 Å². The number of carbonyl (C=O) groups is 1. The first-order valence-corrected chi connectivity index (χ1v) is 4.34. The molecular formula is C10H19NO2. The molecule has 0 fully saturated rings. The Morgan fingerprint density at radius 3 is 1.85 bits per heavy atom. The molecule has 1 N–H and O–H groups in total. The summed E-state index contributed by atoms with van der Waals surface area (Å²) in [4.78, 5) is 13.9. The maximum atomic E-state index is 10.3. The van der Waals surface area contributed by atoms with E-state index in [4.69, 9.17) is 5.11 Å². The van der Waals surface area contributed by atoms with Crippen molar-refractivity contribution in [2.24, 2.45) is 4.99 Å². The lowest BCUT2D eigenvalue weighted by Crippen LogP contribution is -2.09. The van der Waals surface area contributed by atoms with Crippen LogP contribution in [0.25, 0.3) is 0 Å². The van der Waals surface area contributed by atoms with Crippen molar-refractivity contribution in [3.63, 3.8) is 0 Å². The van der Waals surface area contributed by atoms with Crippen molar-refractivity contribution < 1.29 is 9.90 Å². The lowest BCUT2D eigenvalue weighted by molar-refractivity contribution is -0.129. The van der Waals surface area contributed by atoms with Gasteiger partial charge in [0.1, 0.15) is 5.71 Å². The van der Waals surface area contributed by atoms with E-state index < -0.39 is 5.97 Å². The highest BCUT2D eigenvalue weighted by Gasteiger charge is 2.02. The molecule has 0 unspecified atom stereocenters. The van der Waals surface area contributed by atoms with Gasteiger partial charge >= 0.3 is 5.97 Å². The highest BCUT2D eigenvalue weighted by atomic mass is 16.4. The fraction of sp³-hybridized carbons (Fsp3) is 0.600. The quantitative estimate of drug-likeness (QED) is 0.672. The first-order chi connectivity index (χ1) is 5.99. The molecule has 0 heterocycles. The summed E-state index contributed by atoms with van der Waals surface area (Å²) < 4.78 is 0. The number of allylic oxidation sites excluding steroid dienone is 1. The fourth-order valence-electron chi connectivity index (χ4n) is 0.495. The Morgan fingerprint density at radius 2 is 1.77 bits per heavy atom. The molecule has 13 heavy (non-hydrogen) atoms. The van der Waals surface area contributed by atoms with Gasteiger partial charge in [0.25, 0.3) is 0 Å². The number of hydrogen-bond acceptors (Lipinski definition) is 2. The summed E-state index contributed by atoms with van der Waals surface area (Å²) in [5.41, 5.74) is 1.03. The largest absolute Gasteiger partial charge is 0.477 e. The predicted octanol–water partition coefficient (Wildman–Crippen LogP) is 2.52. The third kappa shape index (κ3) is 10.9. The summed E-state index contributed by atoms with van der Waals surface area (Å²) in [6, 6.07) is 0. The normalized spacial score (nSPS) is 9.77. The molecule has 0 saturated heterocycles. The lowest BCUT2D eigenvalue weighted by atomic mass is 10.2. The van der Waals surface area contributed by atoms with Gasteiger partial charge in [-0.3, -0.25) is 4.99 Å². The Morgan fingerprint density at radius 1 is 1.38 bits per heavy atom. The zero-order valence-electron chi connectivity index (χ0n) is 9.09. The predicted molar refractivity (Wildman–Crippen MR) is 56.4 cm³/mol. The maximum absolute atomic E-state index is 10.3. The standard InChI is InChI=1S/C7H11NO2.C3H8/c1-5(2)4-6(8-3)7(9)10;1-3-2/h4H,1-3H3,(H,9,10);3H2,1-2H3. The van der Waals surface area contributed by atoms with Crippen molar-refractivity contribution in [1.82, 2.24) is 0 Å². The average Bonchev–Trinajstić information content (AvgIpc) is 2.00. The van der Waals surface area contributed by atoms with Crippen LogP contribution in [-0.2, 0) is 4.79 Å². The van der Waals surface area contributed by atoms with E-state index >= 15 is 0 Å². The first-order valence-electron chi connectivity index (χ1n) is 4.34. The zero-order chi connectivity index (χ0) is 10.9. The van der Waals surface area contributed by atoms with Crippen molar-refractivity contribution in [3.05, 3.63) is 11.6 Å². The highest BCUT2D eigenvalue weighted by Crippen LogP contribution is 1.90. The van der Waals surface area contributed by atoms with Crippen LogP contribution in [0.2, 0.25) is 0 Å². The second kappa shape index (κ2) is 8.97. The van der Waals surface area contributed by atoms with E-state index in [1.165, 1.54) is 19.5 Å². The van der Waals surface area contributed by atoms with Gasteiger partial charge in [-0.25, -0.2) is 4.79 Å². The molecule has 76 valence electrons. The summed E-state index contributed by atoms with van der Waals surface area (Å²) in [6.07, 6.45) is 2.78. The zero-order valence-corrected chi connectivity index (χ0v) is 9.09. The minimum Gasteiger partial charge on any atom is -0.477 e. The van der Waals surface area contributed by atoms with Gasteiger partial charge in [-0.15, -0.1) is 0 Å². The number of rotatable bonds is 2. The lowest BCUT2D eigenvalue weighted by Gasteiger charge is -1.91. The van der Waals surface area contributed by atoms with Gasteiger partial charge in [0.2, 0.25) is 0 Å². The van der Waals surface area contributed by atoms with Crippen LogP contribution in [0.5, 0.6) is 0 Å². The van der Waals surface area contributed by atoms with Crippen molar-refractivity contribution >= 4 is 11.7 Å². The molecule has 0 spiro atoms. The van der Waals surface area contributed by atoms with E-state index in [0.717, 1.165) is 5.57 Å². The number of carboxylic acids is 1. The van der Waals surface area contributed by atoms with Gasteiger partial charge in [-0.05, 0) is 19.9 Å². The van der Waals surface area contributed by atoms with E-state index in [-0.39, 0.29) is 5.71 Å². The number of nitrogens with zero attached hydrogens (tertiary/aromatic N) is 1. The van der Waals surface area contributed by atoms with Crippen molar-refractivity contribution in [1.29, 1.82) is 0 Å². The Bertz CT molecular complexity index is 201. The molecule has 0 aromatic carbocycles. The van der Waals surface area contributed by atoms with Crippen LogP contribution in [0.4, 0.5) is 0 Å². The second-order valence-electron chi connectivity index (χ2n) is 2.84. The molecule has 0 rings (SSSR count). The maximum Gasteiger partial charge on any atom is 0.354 e. The molecule has 0 aromatic heterocycles. The van der Waals surface area contributed by atoms with E-state index in [1.54, 1.807) is 0 Å². The van der Waals surface area contributed by atoms with Crippen molar-refractivity contribution in [2.75, 3.05) is 7.05 Å². The van der Waals surface area contributed by atoms with Gasteiger partial charge in [0.05, 0.1) is 0 Å². The van der Waals surface area contributed by atoms with Gasteiger partial charge in [-0.1, -0.05) is 25.8 Å².